The normalized spacial score (nSPS) is 12.5. The average molecular weight is 316 g/mol. The van der Waals surface area contributed by atoms with E-state index in [4.69, 9.17) is 10.7 Å². The third kappa shape index (κ3) is 5.56. The summed E-state index contributed by atoms with van der Waals surface area (Å²) in [5.74, 6) is 5.11. The van der Waals surface area contributed by atoms with Gasteiger partial charge in [-0.25, -0.2) is 4.39 Å². The van der Waals surface area contributed by atoms with E-state index in [9.17, 15) is 4.39 Å². The molecule has 23 heavy (non-hydrogen) atoms. The molecule has 122 valence electrons. The van der Waals surface area contributed by atoms with Crippen molar-refractivity contribution in [2.45, 2.75) is 13.3 Å². The van der Waals surface area contributed by atoms with E-state index < -0.39 is 0 Å². The Hall–Kier alpha value is -2.66. The van der Waals surface area contributed by atoms with Crippen LogP contribution in [0.1, 0.15) is 17.5 Å². The van der Waals surface area contributed by atoms with Crippen LogP contribution >= 0.6 is 0 Å². The fourth-order valence-corrected chi connectivity index (χ4v) is 2.10. The first-order valence-corrected chi connectivity index (χ1v) is 6.95. The van der Waals surface area contributed by atoms with Crippen molar-refractivity contribution < 1.29 is 14.2 Å². The molecule has 0 aromatic heterocycles. The molecular formula is C18H21FN2O2. The highest BCUT2D eigenvalue weighted by Gasteiger charge is 2.11. The summed E-state index contributed by atoms with van der Waals surface area (Å²) in [6, 6.07) is 4.88. The molecule has 1 rings (SSSR count). The SMILES string of the molecule is C=CCC(/C=N\N)=C\C(=C/C(=C)OOC)c1c(C)cccc1F. The predicted octanol–water partition coefficient (Wildman–Crippen LogP) is 4.06. The van der Waals surface area contributed by atoms with Gasteiger partial charge in [0, 0.05) is 5.56 Å². The summed E-state index contributed by atoms with van der Waals surface area (Å²) in [5, 5.41) is 3.52. The van der Waals surface area contributed by atoms with Crippen molar-refractivity contribution in [3.8, 4) is 0 Å². The van der Waals surface area contributed by atoms with Crippen LogP contribution in [0, 0.1) is 12.7 Å². The maximum Gasteiger partial charge on any atom is 0.158 e. The molecule has 0 aliphatic rings. The van der Waals surface area contributed by atoms with Crippen LogP contribution in [0.3, 0.4) is 0 Å². The molecule has 0 atom stereocenters. The van der Waals surface area contributed by atoms with Gasteiger partial charge in [0.15, 0.2) is 5.76 Å². The number of hydrazone groups is 1. The van der Waals surface area contributed by atoms with Crippen LogP contribution in [0.5, 0.6) is 0 Å². The van der Waals surface area contributed by atoms with Crippen LogP contribution in [0.2, 0.25) is 0 Å². The second-order valence-corrected chi connectivity index (χ2v) is 4.74. The summed E-state index contributed by atoms with van der Waals surface area (Å²) >= 11 is 0. The Morgan fingerprint density at radius 1 is 1.39 bits per heavy atom. The van der Waals surface area contributed by atoms with E-state index >= 15 is 0 Å². The highest BCUT2D eigenvalue weighted by Crippen LogP contribution is 2.26. The molecule has 0 radical (unpaired) electrons. The molecule has 0 fully saturated rings. The summed E-state index contributed by atoms with van der Waals surface area (Å²) in [6.45, 7) is 9.23. The molecule has 0 aliphatic carbocycles. The van der Waals surface area contributed by atoms with Crippen molar-refractivity contribution in [3.63, 3.8) is 0 Å². The zero-order chi connectivity index (χ0) is 17.2. The van der Waals surface area contributed by atoms with Crippen LogP contribution in [0.4, 0.5) is 4.39 Å². The third-order valence-corrected chi connectivity index (χ3v) is 2.98. The third-order valence-electron chi connectivity index (χ3n) is 2.98. The number of benzene rings is 1. The fourth-order valence-electron chi connectivity index (χ4n) is 2.10. The second kappa shape index (κ2) is 9.38. The summed E-state index contributed by atoms with van der Waals surface area (Å²) in [4.78, 5) is 9.45. The van der Waals surface area contributed by atoms with Gasteiger partial charge >= 0.3 is 0 Å². The van der Waals surface area contributed by atoms with Crippen LogP contribution in [0.15, 0.2) is 66.0 Å². The number of allylic oxidation sites excluding steroid dienone is 5. The largest absolute Gasteiger partial charge is 0.338 e. The lowest BCUT2D eigenvalue weighted by Crippen LogP contribution is -1.97. The van der Waals surface area contributed by atoms with E-state index in [1.807, 2.05) is 13.0 Å². The molecule has 5 heteroatoms. The number of aryl methyl sites for hydroxylation is 1. The fraction of sp³-hybridized carbons (Fsp3) is 0.167. The van der Waals surface area contributed by atoms with E-state index in [0.29, 0.717) is 17.6 Å². The smallest absolute Gasteiger partial charge is 0.158 e. The van der Waals surface area contributed by atoms with Crippen LogP contribution in [0.25, 0.3) is 5.57 Å². The minimum atomic E-state index is -0.347. The van der Waals surface area contributed by atoms with E-state index in [-0.39, 0.29) is 11.6 Å². The summed E-state index contributed by atoms with van der Waals surface area (Å²) in [6.07, 6.45) is 7.07. The summed E-state index contributed by atoms with van der Waals surface area (Å²) in [5.41, 5.74) is 2.56. The topological polar surface area (TPSA) is 56.8 Å². The predicted molar refractivity (Wildman–Crippen MR) is 91.9 cm³/mol. The highest BCUT2D eigenvalue weighted by molar-refractivity contribution is 5.87. The van der Waals surface area contributed by atoms with Crippen LogP contribution in [-0.2, 0) is 9.78 Å². The van der Waals surface area contributed by atoms with Crippen molar-refractivity contribution >= 4 is 11.8 Å². The Morgan fingerprint density at radius 2 is 2.13 bits per heavy atom. The van der Waals surface area contributed by atoms with E-state index in [2.05, 4.69) is 23.1 Å². The molecule has 0 saturated heterocycles. The van der Waals surface area contributed by atoms with E-state index in [1.54, 1.807) is 24.3 Å². The number of nitrogens with two attached hydrogens (primary N) is 1. The maximum atomic E-state index is 14.3. The Morgan fingerprint density at radius 3 is 2.70 bits per heavy atom. The molecule has 2 N–H and O–H groups in total. The van der Waals surface area contributed by atoms with E-state index in [1.165, 1.54) is 19.4 Å². The Labute approximate surface area is 136 Å². The summed E-state index contributed by atoms with van der Waals surface area (Å²) in [7, 11) is 1.37. The van der Waals surface area contributed by atoms with Crippen molar-refractivity contribution in [1.82, 2.24) is 0 Å². The number of hydrogen-bond acceptors (Lipinski definition) is 4. The molecule has 0 spiro atoms. The number of halogens is 1. The quantitative estimate of drug-likeness (QED) is 0.150. The Bertz CT molecular complexity index is 641. The molecule has 0 unspecified atom stereocenters. The van der Waals surface area contributed by atoms with Gasteiger partial charge in [-0.05, 0) is 48.3 Å². The molecular weight excluding hydrogens is 295 g/mol. The minimum Gasteiger partial charge on any atom is -0.338 e. The van der Waals surface area contributed by atoms with Crippen molar-refractivity contribution in [3.05, 3.63) is 77.9 Å². The maximum absolute atomic E-state index is 14.3. The minimum absolute atomic E-state index is 0.240. The first-order chi connectivity index (χ1) is 11.0. The highest BCUT2D eigenvalue weighted by atomic mass is 19.1. The lowest BCUT2D eigenvalue weighted by Gasteiger charge is -2.11. The van der Waals surface area contributed by atoms with Crippen LogP contribution < -0.4 is 5.84 Å². The number of rotatable bonds is 8. The van der Waals surface area contributed by atoms with Gasteiger partial charge < -0.3 is 10.7 Å². The first-order valence-electron chi connectivity index (χ1n) is 6.95. The molecule has 1 aromatic rings. The molecule has 0 amide bonds. The molecule has 0 heterocycles. The van der Waals surface area contributed by atoms with Crippen LogP contribution in [-0.4, -0.2) is 13.3 Å². The van der Waals surface area contributed by atoms with Crippen molar-refractivity contribution in [2.75, 3.05) is 7.11 Å². The van der Waals surface area contributed by atoms with E-state index in [0.717, 1.165) is 11.1 Å². The summed E-state index contributed by atoms with van der Waals surface area (Å²) < 4.78 is 14.3. The average Bonchev–Trinajstić information content (AvgIpc) is 2.47. The molecule has 1 aromatic carbocycles. The molecule has 0 bridgehead atoms. The molecule has 4 nitrogen and oxygen atoms in total. The van der Waals surface area contributed by atoms with Gasteiger partial charge in [-0.2, -0.15) is 9.99 Å². The van der Waals surface area contributed by atoms with Crippen molar-refractivity contribution in [1.29, 1.82) is 0 Å². The van der Waals surface area contributed by atoms with Crippen molar-refractivity contribution in [2.24, 2.45) is 10.9 Å². The Kier molecular flexibility index (Phi) is 7.50. The molecule has 0 saturated carbocycles. The zero-order valence-electron chi connectivity index (χ0n) is 13.4. The zero-order valence-corrected chi connectivity index (χ0v) is 13.4. The standard InChI is InChI=1S/C18H21FN2O2/c1-5-7-15(12-21-20)11-16(10-14(3)23-22-4)18-13(2)8-6-9-17(18)19/h5-6,8-12H,1,3,7,20H2,2,4H3/b15-11+,16-10+,21-12-. The van der Waals surface area contributed by atoms with Gasteiger partial charge in [-0.15, -0.1) is 6.58 Å². The van der Waals surface area contributed by atoms with Gasteiger partial charge in [-0.3, -0.25) is 0 Å². The second-order valence-electron chi connectivity index (χ2n) is 4.74. The first kappa shape index (κ1) is 18.4. The van der Waals surface area contributed by atoms with Gasteiger partial charge in [0.05, 0.1) is 13.3 Å². The lowest BCUT2D eigenvalue weighted by molar-refractivity contribution is -0.232. The van der Waals surface area contributed by atoms with Gasteiger partial charge in [-0.1, -0.05) is 24.8 Å². The monoisotopic (exact) mass is 316 g/mol. The number of nitrogens with zero attached hydrogens (tertiary/aromatic N) is 1. The van der Waals surface area contributed by atoms with Gasteiger partial charge in [0.1, 0.15) is 5.82 Å². The number of hydrogen-bond donors (Lipinski definition) is 1. The Balaban J connectivity index is 3.46. The molecule has 0 aliphatic heterocycles. The van der Waals surface area contributed by atoms with Gasteiger partial charge in [0.2, 0.25) is 0 Å². The lowest BCUT2D eigenvalue weighted by atomic mass is 9.96. The van der Waals surface area contributed by atoms with Gasteiger partial charge in [0.25, 0.3) is 0 Å².